The Kier molecular flexibility index (Phi) is 10.9. The molecule has 2 aliphatic rings. The summed E-state index contributed by atoms with van der Waals surface area (Å²) in [5.74, 6) is 2.90. The van der Waals surface area contributed by atoms with Gasteiger partial charge in [0, 0.05) is 56.7 Å². The van der Waals surface area contributed by atoms with Gasteiger partial charge < -0.3 is 33.3 Å². The van der Waals surface area contributed by atoms with Gasteiger partial charge in [-0.1, -0.05) is 0 Å². The van der Waals surface area contributed by atoms with Gasteiger partial charge in [-0.15, -0.1) is 24.7 Å². The number of ether oxygens (including phenoxy) is 4. The van der Waals surface area contributed by atoms with Gasteiger partial charge in [0.15, 0.2) is 11.6 Å². The molecule has 0 bridgehead atoms. The molecule has 1 aliphatic heterocycles. The average molecular weight is 700 g/mol. The predicted molar refractivity (Wildman–Crippen MR) is 190 cm³/mol. The summed E-state index contributed by atoms with van der Waals surface area (Å²) in [6.45, 7) is 8.20. The van der Waals surface area contributed by atoms with Crippen LogP contribution in [0.15, 0.2) is 41.3 Å². The van der Waals surface area contributed by atoms with Crippen molar-refractivity contribution < 1.29 is 37.7 Å². The monoisotopic (exact) mass is 699 g/mol. The number of piperazine rings is 1. The molecule has 268 valence electrons. The molecule has 1 saturated heterocycles. The predicted octanol–water partition coefficient (Wildman–Crippen LogP) is 5.97. The molecule has 3 aromatic rings. The number of anilines is 1. The molecule has 1 atom stereocenters. The van der Waals surface area contributed by atoms with Crippen molar-refractivity contribution in [3.63, 3.8) is 0 Å². The van der Waals surface area contributed by atoms with Gasteiger partial charge in [0.05, 0.1) is 30.2 Å². The quantitative estimate of drug-likeness (QED) is 0.143. The maximum Gasteiger partial charge on any atom is 0.410 e. The van der Waals surface area contributed by atoms with Crippen LogP contribution in [0.1, 0.15) is 80.1 Å². The van der Waals surface area contributed by atoms with Gasteiger partial charge in [-0.05, 0) is 70.9 Å². The van der Waals surface area contributed by atoms with E-state index in [-0.39, 0.29) is 58.3 Å². The lowest BCUT2D eigenvalue weighted by Crippen LogP contribution is -2.55. The van der Waals surface area contributed by atoms with E-state index in [0.29, 0.717) is 38.0 Å². The maximum atomic E-state index is 16.1. The van der Waals surface area contributed by atoms with Crippen LogP contribution in [0.4, 0.5) is 14.9 Å². The first-order valence-corrected chi connectivity index (χ1v) is 16.8. The van der Waals surface area contributed by atoms with E-state index in [2.05, 4.69) is 11.8 Å². The normalized spacial score (nSPS) is 16.0. The van der Waals surface area contributed by atoms with E-state index >= 15 is 4.39 Å². The molecule has 12 heteroatoms. The summed E-state index contributed by atoms with van der Waals surface area (Å²) >= 11 is 0. The summed E-state index contributed by atoms with van der Waals surface area (Å²) in [7, 11) is 1.41. The van der Waals surface area contributed by atoms with Gasteiger partial charge >= 0.3 is 18.0 Å². The van der Waals surface area contributed by atoms with E-state index in [1.165, 1.54) is 37.6 Å². The van der Waals surface area contributed by atoms with Gasteiger partial charge in [-0.3, -0.25) is 4.79 Å². The Morgan fingerprint density at radius 2 is 1.71 bits per heavy atom. The smallest absolute Gasteiger partial charge is 0.410 e. The third-order valence-electron chi connectivity index (χ3n) is 8.70. The third kappa shape index (κ3) is 8.29. The lowest BCUT2D eigenvalue weighted by molar-refractivity contribution is 0.0158. The number of carbonyl (C=O) groups is 3. The number of hydrogen-bond donors (Lipinski definition) is 0. The highest BCUT2D eigenvalue weighted by Gasteiger charge is 2.36. The Bertz CT molecular complexity index is 1950. The number of carbonyl (C=O) groups excluding carboxylic acids is 3. The van der Waals surface area contributed by atoms with Crippen LogP contribution in [0.3, 0.4) is 0 Å². The topological polar surface area (TPSA) is 117 Å². The van der Waals surface area contributed by atoms with E-state index < -0.39 is 34.9 Å². The molecule has 1 aromatic heterocycles. The number of benzene rings is 2. The highest BCUT2D eigenvalue weighted by molar-refractivity contribution is 5.98. The molecule has 51 heavy (non-hydrogen) atoms. The van der Waals surface area contributed by atoms with E-state index in [9.17, 15) is 19.2 Å². The summed E-state index contributed by atoms with van der Waals surface area (Å²) < 4.78 is 40.1. The molecule has 1 aliphatic carbocycles. The minimum absolute atomic E-state index is 0.0269. The number of halogens is 1. The van der Waals surface area contributed by atoms with Crippen LogP contribution in [0.5, 0.6) is 11.5 Å². The molecule has 2 fully saturated rings. The minimum Gasteiger partial charge on any atom is -0.492 e. The van der Waals surface area contributed by atoms with Crippen molar-refractivity contribution in [3.8, 4) is 36.2 Å². The summed E-state index contributed by atoms with van der Waals surface area (Å²) in [6.07, 6.45) is 14.0. The fourth-order valence-electron chi connectivity index (χ4n) is 6.09. The van der Waals surface area contributed by atoms with Gasteiger partial charge in [0.25, 0.3) is 0 Å². The number of esters is 2. The Morgan fingerprint density at radius 1 is 1.04 bits per heavy atom. The minimum atomic E-state index is -0.937. The largest absolute Gasteiger partial charge is 0.492 e. The van der Waals surface area contributed by atoms with E-state index in [0.717, 1.165) is 18.9 Å². The molecule has 0 spiro atoms. The van der Waals surface area contributed by atoms with E-state index in [1.54, 1.807) is 35.1 Å². The van der Waals surface area contributed by atoms with Crippen LogP contribution in [0.25, 0.3) is 10.9 Å². The summed E-state index contributed by atoms with van der Waals surface area (Å²) in [5, 5.41) is -0.0269. The van der Waals surface area contributed by atoms with E-state index in [1.807, 2.05) is 6.92 Å². The number of amides is 1. The Hall–Kier alpha value is -5.49. The highest BCUT2D eigenvalue weighted by Crippen LogP contribution is 2.44. The molecule has 0 radical (unpaired) electrons. The fourth-order valence-corrected chi connectivity index (χ4v) is 6.09. The second kappa shape index (κ2) is 15.2. The summed E-state index contributed by atoms with van der Waals surface area (Å²) in [5.41, 5.74) is -0.889. The lowest BCUT2D eigenvalue weighted by Gasteiger charge is -2.41. The maximum absolute atomic E-state index is 16.1. The molecular weight excluding hydrogens is 657 g/mol. The van der Waals surface area contributed by atoms with Crippen LogP contribution < -0.4 is 19.8 Å². The SMILES string of the molecule is C#CCC(CC#C)COC(=O)c1ccc(OC(=O)c2cn(C3CC3)c3c(OC)c(N4CCN(C(=O)OC(C)(C)C)C(C)C4)c(F)cc3c2=O)cc1. The second-order valence-corrected chi connectivity index (χ2v) is 13.8. The molecule has 2 aromatic carbocycles. The van der Waals surface area contributed by atoms with Crippen LogP contribution in [0, 0.1) is 36.4 Å². The second-order valence-electron chi connectivity index (χ2n) is 13.8. The van der Waals surface area contributed by atoms with Gasteiger partial charge in [0.1, 0.15) is 22.6 Å². The molecule has 11 nitrogen and oxygen atoms in total. The van der Waals surface area contributed by atoms with Crippen molar-refractivity contribution in [1.82, 2.24) is 9.47 Å². The van der Waals surface area contributed by atoms with Crippen LogP contribution in [-0.2, 0) is 9.47 Å². The molecule has 5 rings (SSSR count). The van der Waals surface area contributed by atoms with Crippen molar-refractivity contribution >= 4 is 34.6 Å². The van der Waals surface area contributed by atoms with Gasteiger partial charge in [0.2, 0.25) is 5.43 Å². The van der Waals surface area contributed by atoms with Crippen molar-refractivity contribution in [1.29, 1.82) is 0 Å². The lowest BCUT2D eigenvalue weighted by atomic mass is 10.0. The first-order chi connectivity index (χ1) is 24.3. The van der Waals surface area contributed by atoms with Crippen molar-refractivity contribution in [3.05, 3.63) is 63.7 Å². The summed E-state index contributed by atoms with van der Waals surface area (Å²) in [4.78, 5) is 56.0. The number of fused-ring (bicyclic) bond motifs is 1. The third-order valence-corrected chi connectivity index (χ3v) is 8.70. The van der Waals surface area contributed by atoms with Crippen molar-refractivity contribution in [2.45, 2.75) is 71.1 Å². The Morgan fingerprint density at radius 3 is 2.27 bits per heavy atom. The first-order valence-electron chi connectivity index (χ1n) is 16.8. The zero-order valence-corrected chi connectivity index (χ0v) is 29.5. The summed E-state index contributed by atoms with van der Waals surface area (Å²) in [6, 6.07) is 6.47. The number of aromatic nitrogens is 1. The van der Waals surface area contributed by atoms with Crippen LogP contribution >= 0.6 is 0 Å². The molecule has 1 saturated carbocycles. The molecule has 1 amide bonds. The Labute approximate surface area is 296 Å². The number of methoxy groups -OCH3 is 1. The van der Waals surface area contributed by atoms with Gasteiger partial charge in [-0.25, -0.2) is 18.8 Å². The zero-order valence-electron chi connectivity index (χ0n) is 29.5. The van der Waals surface area contributed by atoms with Crippen molar-refractivity contribution in [2.75, 3.05) is 38.3 Å². The molecule has 1 unspecified atom stereocenters. The molecule has 2 heterocycles. The number of pyridine rings is 1. The van der Waals surface area contributed by atoms with Crippen molar-refractivity contribution in [2.24, 2.45) is 5.92 Å². The first kappa shape index (κ1) is 36.8. The van der Waals surface area contributed by atoms with Crippen LogP contribution in [-0.4, -0.2) is 72.5 Å². The van der Waals surface area contributed by atoms with Crippen LogP contribution in [0.2, 0.25) is 0 Å². The molecule has 0 N–H and O–H groups in total. The number of terminal acetylenes is 2. The molecular formula is C39H42FN3O8. The standard InChI is InChI=1S/C39H42FN3O8/c1-8-10-25(11-9-2)23-49-36(45)26-12-16-28(17-13-26)50-37(46)30-22-43(27-14-15-27)32-29(34(30)44)20-31(40)33(35(32)48-7)41-18-19-42(24(3)21-41)38(47)51-39(4,5)6/h1-2,12-13,16-17,20,22,24-25,27H,10-11,14-15,18-19,21,23H2,3-7H3. The zero-order chi connectivity index (χ0) is 37.0. The average Bonchev–Trinajstić information content (AvgIpc) is 3.92. The van der Waals surface area contributed by atoms with E-state index in [4.69, 9.17) is 31.8 Å². The number of nitrogens with zero attached hydrogens (tertiary/aromatic N) is 3. The van der Waals surface area contributed by atoms with Gasteiger partial charge in [-0.2, -0.15) is 0 Å². The Balaban J connectivity index is 1.39. The highest BCUT2D eigenvalue weighted by atomic mass is 19.1. The fraction of sp³-hybridized carbons (Fsp3) is 0.436. The number of hydrogen-bond acceptors (Lipinski definition) is 9. The number of rotatable bonds is 10.